The van der Waals surface area contributed by atoms with E-state index in [1.807, 2.05) is 0 Å². The van der Waals surface area contributed by atoms with Crippen molar-refractivity contribution in [2.24, 2.45) is 23.7 Å². The first-order chi connectivity index (χ1) is 4.47. The molecule has 4 atom stereocenters. The van der Waals surface area contributed by atoms with Crippen LogP contribution < -0.4 is 0 Å². The highest BCUT2D eigenvalue weighted by Crippen LogP contribution is 2.64. The predicted molar refractivity (Wildman–Crippen MR) is 37.0 cm³/mol. The van der Waals surface area contributed by atoms with E-state index in [2.05, 4.69) is 0 Å². The summed E-state index contributed by atoms with van der Waals surface area (Å²) < 4.78 is 0. The molecule has 0 aromatic heterocycles. The number of fused-ring (bicyclic) bond motifs is 4. The van der Waals surface area contributed by atoms with E-state index < -0.39 is 0 Å². The molecule has 3 aliphatic rings. The zero-order valence-corrected chi connectivity index (χ0v) is 5.84. The Morgan fingerprint density at radius 3 is 1.44 bits per heavy atom. The third kappa shape index (κ3) is 0.395. The molecular formula is C9H14. The fourth-order valence-electron chi connectivity index (χ4n) is 3.55. The van der Waals surface area contributed by atoms with Gasteiger partial charge in [-0.15, -0.1) is 0 Å². The van der Waals surface area contributed by atoms with Crippen molar-refractivity contribution < 1.29 is 0 Å². The number of hydrogen-bond donors (Lipinski definition) is 0. The predicted octanol–water partition coefficient (Wildman–Crippen LogP) is 2.44. The van der Waals surface area contributed by atoms with Gasteiger partial charge in [0.1, 0.15) is 0 Å². The fourth-order valence-corrected chi connectivity index (χ4v) is 3.55. The Balaban J connectivity index is 1.85. The second-order valence-corrected chi connectivity index (χ2v) is 4.16. The third-order valence-corrected chi connectivity index (χ3v) is 4.11. The van der Waals surface area contributed by atoms with Crippen LogP contribution in [0, 0.1) is 23.7 Å². The van der Waals surface area contributed by atoms with Crippen molar-refractivity contribution in [1.82, 2.24) is 0 Å². The van der Waals surface area contributed by atoms with Crippen molar-refractivity contribution in [3.05, 3.63) is 0 Å². The highest BCUT2D eigenvalue weighted by atomic mass is 14.6. The first-order valence-electron chi connectivity index (χ1n) is 4.47. The first kappa shape index (κ1) is 4.76. The Labute approximate surface area is 56.6 Å². The second-order valence-electron chi connectivity index (χ2n) is 4.16. The van der Waals surface area contributed by atoms with E-state index in [0.717, 1.165) is 0 Å². The van der Waals surface area contributed by atoms with Gasteiger partial charge in [0.05, 0.1) is 0 Å². The lowest BCUT2D eigenvalue weighted by molar-refractivity contribution is -0.0815. The molecule has 0 bridgehead atoms. The minimum Gasteiger partial charge on any atom is -0.0527 e. The second kappa shape index (κ2) is 1.36. The normalized spacial score (nSPS) is 61.3. The molecule has 50 valence electrons. The van der Waals surface area contributed by atoms with Crippen LogP contribution in [0.1, 0.15) is 32.1 Å². The third-order valence-electron chi connectivity index (χ3n) is 4.11. The maximum absolute atomic E-state index is 1.59. The maximum Gasteiger partial charge on any atom is -0.0352 e. The molecule has 0 aliphatic heterocycles. The van der Waals surface area contributed by atoms with Gasteiger partial charge in [0.25, 0.3) is 0 Å². The van der Waals surface area contributed by atoms with Gasteiger partial charge < -0.3 is 0 Å². The van der Waals surface area contributed by atoms with Crippen molar-refractivity contribution in [2.75, 3.05) is 0 Å². The molecule has 0 nitrogen and oxygen atoms in total. The van der Waals surface area contributed by atoms with Crippen LogP contribution in [-0.4, -0.2) is 0 Å². The van der Waals surface area contributed by atoms with E-state index >= 15 is 0 Å². The summed E-state index contributed by atoms with van der Waals surface area (Å²) >= 11 is 0. The molecular weight excluding hydrogens is 108 g/mol. The van der Waals surface area contributed by atoms with E-state index in [9.17, 15) is 0 Å². The lowest BCUT2D eigenvalue weighted by Gasteiger charge is -2.57. The molecule has 0 spiro atoms. The summed E-state index contributed by atoms with van der Waals surface area (Å²) in [6.07, 6.45) is 7.91. The monoisotopic (exact) mass is 122 g/mol. The lowest BCUT2D eigenvalue weighted by atomic mass is 9.48. The zero-order chi connectivity index (χ0) is 5.84. The average Bonchev–Trinajstić information content (AvgIpc) is 2.13. The van der Waals surface area contributed by atoms with E-state index in [1.165, 1.54) is 23.7 Å². The smallest absolute Gasteiger partial charge is 0.0352 e. The lowest BCUT2D eigenvalue weighted by Crippen LogP contribution is -2.50. The highest BCUT2D eigenvalue weighted by Gasteiger charge is 2.56. The largest absolute Gasteiger partial charge is 0.0527 e. The van der Waals surface area contributed by atoms with Crippen LogP contribution in [0.2, 0.25) is 0 Å². The van der Waals surface area contributed by atoms with Gasteiger partial charge in [-0.05, 0) is 49.4 Å². The molecule has 0 aromatic carbocycles. The summed E-state index contributed by atoms with van der Waals surface area (Å²) in [6.45, 7) is 0. The minimum absolute atomic E-state index is 1.23. The van der Waals surface area contributed by atoms with Gasteiger partial charge in [0.2, 0.25) is 0 Å². The molecule has 3 rings (SSSR count). The van der Waals surface area contributed by atoms with Gasteiger partial charge in [0, 0.05) is 0 Å². The SMILES string of the molecule is C1CC2[C@H](C1)C1CC[C@@H]21. The van der Waals surface area contributed by atoms with Crippen molar-refractivity contribution in [3.8, 4) is 0 Å². The quantitative estimate of drug-likeness (QED) is 0.463. The van der Waals surface area contributed by atoms with Crippen LogP contribution in [0.5, 0.6) is 0 Å². The van der Waals surface area contributed by atoms with Crippen molar-refractivity contribution in [3.63, 3.8) is 0 Å². The van der Waals surface area contributed by atoms with Crippen LogP contribution in [0.4, 0.5) is 0 Å². The number of hydrogen-bond acceptors (Lipinski definition) is 0. The summed E-state index contributed by atoms with van der Waals surface area (Å²) in [6, 6.07) is 0. The van der Waals surface area contributed by atoms with Crippen LogP contribution >= 0.6 is 0 Å². The van der Waals surface area contributed by atoms with Gasteiger partial charge >= 0.3 is 0 Å². The number of rotatable bonds is 0. The molecule has 0 saturated heterocycles. The maximum atomic E-state index is 1.59. The van der Waals surface area contributed by atoms with Gasteiger partial charge in [-0.1, -0.05) is 6.42 Å². The van der Waals surface area contributed by atoms with Gasteiger partial charge in [-0.2, -0.15) is 0 Å². The van der Waals surface area contributed by atoms with Gasteiger partial charge in [-0.3, -0.25) is 0 Å². The summed E-state index contributed by atoms with van der Waals surface area (Å²) in [7, 11) is 0. The Morgan fingerprint density at radius 2 is 1.00 bits per heavy atom. The topological polar surface area (TPSA) is 0 Å². The Morgan fingerprint density at radius 1 is 0.556 bits per heavy atom. The summed E-state index contributed by atoms with van der Waals surface area (Å²) in [5, 5.41) is 0. The molecule has 0 radical (unpaired) electrons. The standard InChI is InChI=1S/C9H14/c1-2-6-7(3-1)9-5-4-8(6)9/h6-9H,1-5H2/t6-,7?,8?,9-/m0/s1. The molecule has 3 fully saturated rings. The zero-order valence-electron chi connectivity index (χ0n) is 5.84. The average molecular weight is 122 g/mol. The summed E-state index contributed by atoms with van der Waals surface area (Å²) in [5.74, 6) is 4.92. The van der Waals surface area contributed by atoms with Crippen LogP contribution in [0.15, 0.2) is 0 Å². The minimum atomic E-state index is 1.23. The Kier molecular flexibility index (Phi) is 0.717. The van der Waals surface area contributed by atoms with E-state index in [4.69, 9.17) is 0 Å². The molecule has 0 amide bonds. The Bertz CT molecular complexity index is 123. The first-order valence-corrected chi connectivity index (χ1v) is 4.47. The molecule has 2 unspecified atom stereocenters. The molecule has 3 saturated carbocycles. The molecule has 0 aromatic rings. The van der Waals surface area contributed by atoms with E-state index in [1.54, 1.807) is 32.1 Å². The van der Waals surface area contributed by atoms with Crippen LogP contribution in [-0.2, 0) is 0 Å². The molecule has 3 aliphatic carbocycles. The Hall–Kier alpha value is 0. The molecule has 0 heterocycles. The van der Waals surface area contributed by atoms with Crippen molar-refractivity contribution in [2.45, 2.75) is 32.1 Å². The molecule has 0 heteroatoms. The van der Waals surface area contributed by atoms with E-state index in [-0.39, 0.29) is 0 Å². The summed E-state index contributed by atoms with van der Waals surface area (Å²) in [5.41, 5.74) is 0. The van der Waals surface area contributed by atoms with Crippen LogP contribution in [0.25, 0.3) is 0 Å². The van der Waals surface area contributed by atoms with E-state index in [0.29, 0.717) is 0 Å². The van der Waals surface area contributed by atoms with Crippen molar-refractivity contribution >= 4 is 0 Å². The molecule has 9 heavy (non-hydrogen) atoms. The van der Waals surface area contributed by atoms with Gasteiger partial charge in [-0.25, -0.2) is 0 Å². The highest BCUT2D eigenvalue weighted by molar-refractivity contribution is 5.05. The molecule has 0 N–H and O–H groups in total. The fraction of sp³-hybridized carbons (Fsp3) is 1.00. The van der Waals surface area contributed by atoms with Gasteiger partial charge in [0.15, 0.2) is 0 Å². The van der Waals surface area contributed by atoms with Crippen molar-refractivity contribution in [1.29, 1.82) is 0 Å². The summed E-state index contributed by atoms with van der Waals surface area (Å²) in [4.78, 5) is 0. The van der Waals surface area contributed by atoms with Crippen LogP contribution in [0.3, 0.4) is 0 Å².